The second-order valence-electron chi connectivity index (χ2n) is 3.79. The number of nitrogens with one attached hydrogen (secondary N) is 1. The van der Waals surface area contributed by atoms with Crippen molar-refractivity contribution in [2.75, 3.05) is 6.54 Å². The van der Waals surface area contributed by atoms with Gasteiger partial charge in [0, 0.05) is 6.04 Å². The summed E-state index contributed by atoms with van der Waals surface area (Å²) in [6.45, 7) is 13.9. The molecule has 0 aliphatic heterocycles. The Labute approximate surface area is 77.2 Å². The normalized spacial score (nSPS) is 16.1. The van der Waals surface area contributed by atoms with Gasteiger partial charge >= 0.3 is 0 Å². The van der Waals surface area contributed by atoms with Gasteiger partial charge in [0.2, 0.25) is 0 Å². The number of hydrogen-bond acceptors (Lipinski definition) is 1. The molecule has 0 fully saturated rings. The van der Waals surface area contributed by atoms with E-state index in [-0.39, 0.29) is 0 Å². The van der Waals surface area contributed by atoms with E-state index in [4.69, 9.17) is 0 Å². The maximum absolute atomic E-state index is 3.78. The Morgan fingerprint density at radius 1 is 1.33 bits per heavy atom. The molecule has 0 aromatic carbocycles. The van der Waals surface area contributed by atoms with Gasteiger partial charge in [-0.3, -0.25) is 0 Å². The third kappa shape index (κ3) is 3.91. The third-order valence-corrected chi connectivity index (χ3v) is 2.57. The van der Waals surface area contributed by atoms with E-state index in [1.165, 1.54) is 0 Å². The molecule has 2 unspecified atom stereocenters. The lowest BCUT2D eigenvalue weighted by Crippen LogP contribution is -2.36. The van der Waals surface area contributed by atoms with E-state index in [2.05, 4.69) is 39.6 Å². The van der Waals surface area contributed by atoms with Crippen LogP contribution in [0.25, 0.3) is 0 Å². The zero-order valence-electron chi connectivity index (χ0n) is 8.93. The summed E-state index contributed by atoms with van der Waals surface area (Å²) in [5.74, 6) is 1.47. The van der Waals surface area contributed by atoms with Crippen molar-refractivity contribution >= 4 is 0 Å². The second kappa shape index (κ2) is 6.24. The SMILES string of the molecule is C=CCC(NCC)C(C)C(C)C. The minimum atomic E-state index is 0.604. The second-order valence-corrected chi connectivity index (χ2v) is 3.79. The van der Waals surface area contributed by atoms with Crippen LogP contribution in [-0.4, -0.2) is 12.6 Å². The molecule has 72 valence electrons. The van der Waals surface area contributed by atoms with Crippen LogP contribution in [0.5, 0.6) is 0 Å². The van der Waals surface area contributed by atoms with Crippen molar-refractivity contribution in [2.24, 2.45) is 11.8 Å². The molecule has 0 bridgehead atoms. The highest BCUT2D eigenvalue weighted by atomic mass is 14.9. The van der Waals surface area contributed by atoms with Crippen LogP contribution in [0.15, 0.2) is 12.7 Å². The predicted molar refractivity (Wildman–Crippen MR) is 56.3 cm³/mol. The minimum absolute atomic E-state index is 0.604. The maximum atomic E-state index is 3.78. The van der Waals surface area contributed by atoms with Gasteiger partial charge in [-0.15, -0.1) is 6.58 Å². The maximum Gasteiger partial charge on any atom is 0.0129 e. The first kappa shape index (κ1) is 11.7. The molecule has 2 atom stereocenters. The van der Waals surface area contributed by atoms with Gasteiger partial charge in [0.25, 0.3) is 0 Å². The van der Waals surface area contributed by atoms with Crippen molar-refractivity contribution in [2.45, 2.75) is 40.2 Å². The largest absolute Gasteiger partial charge is 0.314 e. The summed E-state index contributed by atoms with van der Waals surface area (Å²) in [6, 6.07) is 0.604. The fraction of sp³-hybridized carbons (Fsp3) is 0.818. The average Bonchev–Trinajstić information content (AvgIpc) is 2.03. The first-order valence-corrected chi connectivity index (χ1v) is 4.97. The smallest absolute Gasteiger partial charge is 0.0129 e. The molecule has 0 saturated heterocycles. The number of hydrogen-bond donors (Lipinski definition) is 1. The number of rotatable bonds is 6. The fourth-order valence-electron chi connectivity index (χ4n) is 1.39. The summed E-state index contributed by atoms with van der Waals surface area (Å²) in [6.07, 6.45) is 3.08. The molecule has 0 aromatic heterocycles. The first-order valence-electron chi connectivity index (χ1n) is 4.97. The van der Waals surface area contributed by atoms with Gasteiger partial charge in [0.05, 0.1) is 0 Å². The Hall–Kier alpha value is -0.300. The van der Waals surface area contributed by atoms with E-state index in [1.807, 2.05) is 6.08 Å². The highest BCUT2D eigenvalue weighted by molar-refractivity contribution is 4.82. The molecule has 0 heterocycles. The molecule has 0 aliphatic rings. The lowest BCUT2D eigenvalue weighted by molar-refractivity contribution is 0.303. The van der Waals surface area contributed by atoms with Gasteiger partial charge in [-0.25, -0.2) is 0 Å². The summed E-state index contributed by atoms with van der Waals surface area (Å²) >= 11 is 0. The van der Waals surface area contributed by atoms with Crippen molar-refractivity contribution < 1.29 is 0 Å². The summed E-state index contributed by atoms with van der Waals surface area (Å²) in [4.78, 5) is 0. The van der Waals surface area contributed by atoms with Crippen LogP contribution in [0.1, 0.15) is 34.1 Å². The molecular weight excluding hydrogens is 146 g/mol. The topological polar surface area (TPSA) is 12.0 Å². The van der Waals surface area contributed by atoms with Crippen molar-refractivity contribution in [3.8, 4) is 0 Å². The first-order chi connectivity index (χ1) is 5.63. The van der Waals surface area contributed by atoms with Crippen molar-refractivity contribution in [1.82, 2.24) is 5.32 Å². The summed E-state index contributed by atoms with van der Waals surface area (Å²) in [7, 11) is 0. The minimum Gasteiger partial charge on any atom is -0.314 e. The quantitative estimate of drug-likeness (QED) is 0.603. The highest BCUT2D eigenvalue weighted by Crippen LogP contribution is 2.16. The van der Waals surface area contributed by atoms with Gasteiger partial charge in [-0.1, -0.05) is 33.8 Å². The Balaban J connectivity index is 3.98. The zero-order valence-corrected chi connectivity index (χ0v) is 8.93. The van der Waals surface area contributed by atoms with Crippen LogP contribution < -0.4 is 5.32 Å². The molecular formula is C11H23N. The van der Waals surface area contributed by atoms with Gasteiger partial charge in [0.1, 0.15) is 0 Å². The lowest BCUT2D eigenvalue weighted by Gasteiger charge is -2.26. The van der Waals surface area contributed by atoms with Crippen molar-refractivity contribution in [3.05, 3.63) is 12.7 Å². The van der Waals surface area contributed by atoms with E-state index in [0.717, 1.165) is 24.8 Å². The molecule has 0 radical (unpaired) electrons. The Morgan fingerprint density at radius 2 is 1.92 bits per heavy atom. The Morgan fingerprint density at radius 3 is 2.25 bits per heavy atom. The zero-order chi connectivity index (χ0) is 9.56. The third-order valence-electron chi connectivity index (χ3n) is 2.57. The summed E-state index contributed by atoms with van der Waals surface area (Å²) < 4.78 is 0. The highest BCUT2D eigenvalue weighted by Gasteiger charge is 2.17. The van der Waals surface area contributed by atoms with Crippen LogP contribution in [0.4, 0.5) is 0 Å². The summed E-state index contributed by atoms with van der Waals surface area (Å²) in [5.41, 5.74) is 0. The fourth-order valence-corrected chi connectivity index (χ4v) is 1.39. The lowest BCUT2D eigenvalue weighted by atomic mass is 9.88. The molecule has 0 aliphatic carbocycles. The van der Waals surface area contributed by atoms with E-state index < -0.39 is 0 Å². The monoisotopic (exact) mass is 169 g/mol. The van der Waals surface area contributed by atoms with Crippen LogP contribution in [0, 0.1) is 11.8 Å². The van der Waals surface area contributed by atoms with Crippen molar-refractivity contribution in [3.63, 3.8) is 0 Å². The van der Waals surface area contributed by atoms with E-state index in [1.54, 1.807) is 0 Å². The molecule has 0 amide bonds. The molecule has 1 nitrogen and oxygen atoms in total. The molecule has 12 heavy (non-hydrogen) atoms. The average molecular weight is 169 g/mol. The molecule has 0 rings (SSSR count). The Kier molecular flexibility index (Phi) is 6.09. The van der Waals surface area contributed by atoms with E-state index in [0.29, 0.717) is 6.04 Å². The summed E-state index contributed by atoms with van der Waals surface area (Å²) in [5, 5.41) is 3.49. The standard InChI is InChI=1S/C11H23N/c1-6-8-11(12-7-2)10(5)9(3)4/h6,9-12H,1,7-8H2,2-5H3. The molecule has 1 N–H and O–H groups in total. The van der Waals surface area contributed by atoms with Crippen LogP contribution in [0.2, 0.25) is 0 Å². The van der Waals surface area contributed by atoms with E-state index >= 15 is 0 Å². The van der Waals surface area contributed by atoms with E-state index in [9.17, 15) is 0 Å². The van der Waals surface area contributed by atoms with Crippen LogP contribution in [-0.2, 0) is 0 Å². The van der Waals surface area contributed by atoms with Gasteiger partial charge in [0.15, 0.2) is 0 Å². The molecule has 0 aromatic rings. The van der Waals surface area contributed by atoms with Gasteiger partial charge in [-0.2, -0.15) is 0 Å². The van der Waals surface area contributed by atoms with Crippen LogP contribution >= 0.6 is 0 Å². The Bertz CT molecular complexity index is 118. The van der Waals surface area contributed by atoms with Gasteiger partial charge < -0.3 is 5.32 Å². The molecule has 0 spiro atoms. The predicted octanol–water partition coefficient (Wildman–Crippen LogP) is 2.83. The van der Waals surface area contributed by atoms with Crippen molar-refractivity contribution in [1.29, 1.82) is 0 Å². The molecule has 0 saturated carbocycles. The van der Waals surface area contributed by atoms with Gasteiger partial charge in [-0.05, 0) is 24.8 Å². The molecule has 1 heteroatoms. The van der Waals surface area contributed by atoms with Crippen LogP contribution in [0.3, 0.4) is 0 Å².